The van der Waals surface area contributed by atoms with E-state index in [1.54, 1.807) is 19.2 Å². The van der Waals surface area contributed by atoms with Crippen molar-refractivity contribution < 1.29 is 18.6 Å². The highest BCUT2D eigenvalue weighted by atomic mass is 16.5. The van der Waals surface area contributed by atoms with E-state index in [2.05, 4.69) is 0 Å². The molecule has 0 radical (unpaired) electrons. The van der Waals surface area contributed by atoms with Crippen molar-refractivity contribution in [2.24, 2.45) is 0 Å². The average molecular weight is 312 g/mol. The Bertz CT molecular complexity index is 894. The molecule has 0 spiro atoms. The van der Waals surface area contributed by atoms with Gasteiger partial charge in [0.25, 0.3) is 0 Å². The van der Waals surface area contributed by atoms with Crippen molar-refractivity contribution in [2.75, 3.05) is 21.3 Å². The molecular formula is C18H16O5. The van der Waals surface area contributed by atoms with E-state index in [1.165, 1.54) is 20.3 Å². The minimum Gasteiger partial charge on any atom is -0.497 e. The molecule has 1 heterocycles. The van der Waals surface area contributed by atoms with E-state index >= 15 is 0 Å². The molecule has 0 aliphatic rings. The van der Waals surface area contributed by atoms with Crippen molar-refractivity contribution in [3.8, 4) is 28.6 Å². The lowest BCUT2D eigenvalue weighted by Crippen LogP contribution is -2.04. The fraction of sp³-hybridized carbons (Fsp3) is 0.167. The van der Waals surface area contributed by atoms with Gasteiger partial charge in [-0.3, -0.25) is 4.79 Å². The highest BCUT2D eigenvalue weighted by molar-refractivity contribution is 5.87. The Labute approximate surface area is 133 Å². The Balaban J connectivity index is 2.20. The summed E-state index contributed by atoms with van der Waals surface area (Å²) >= 11 is 0. The van der Waals surface area contributed by atoms with E-state index in [-0.39, 0.29) is 5.43 Å². The molecule has 0 aliphatic carbocycles. The summed E-state index contributed by atoms with van der Waals surface area (Å²) in [6, 6.07) is 12.2. The van der Waals surface area contributed by atoms with Crippen LogP contribution < -0.4 is 19.6 Å². The predicted octanol–water partition coefficient (Wildman–Crippen LogP) is 3.49. The van der Waals surface area contributed by atoms with E-state index in [0.717, 1.165) is 11.3 Å². The van der Waals surface area contributed by atoms with Crippen LogP contribution in [0.4, 0.5) is 0 Å². The topological polar surface area (TPSA) is 57.9 Å². The van der Waals surface area contributed by atoms with Crippen molar-refractivity contribution in [3.05, 3.63) is 52.7 Å². The third-order valence-corrected chi connectivity index (χ3v) is 3.61. The van der Waals surface area contributed by atoms with Gasteiger partial charge in [0.2, 0.25) is 0 Å². The lowest BCUT2D eigenvalue weighted by Gasteiger charge is -2.10. The summed E-state index contributed by atoms with van der Waals surface area (Å²) in [5.74, 6) is 2.09. The maximum absolute atomic E-state index is 12.5. The van der Waals surface area contributed by atoms with Crippen LogP contribution in [0.3, 0.4) is 0 Å². The molecule has 5 heteroatoms. The van der Waals surface area contributed by atoms with Gasteiger partial charge in [0, 0.05) is 11.6 Å². The molecule has 3 rings (SSSR count). The molecule has 0 unspecified atom stereocenters. The van der Waals surface area contributed by atoms with Crippen LogP contribution in [0.1, 0.15) is 0 Å². The van der Waals surface area contributed by atoms with E-state index in [0.29, 0.717) is 28.2 Å². The monoisotopic (exact) mass is 312 g/mol. The molecule has 118 valence electrons. The molecule has 0 fully saturated rings. The SMILES string of the molecule is COc1ccc(-c2cc(=O)c3c(OC)c(OC)ccc3o2)cc1. The summed E-state index contributed by atoms with van der Waals surface area (Å²) in [5.41, 5.74) is 1.05. The van der Waals surface area contributed by atoms with Crippen LogP contribution in [0.5, 0.6) is 17.2 Å². The summed E-state index contributed by atoms with van der Waals surface area (Å²) in [6.45, 7) is 0. The summed E-state index contributed by atoms with van der Waals surface area (Å²) in [7, 11) is 4.62. The van der Waals surface area contributed by atoms with Gasteiger partial charge in [-0.05, 0) is 36.4 Å². The molecular weight excluding hydrogens is 296 g/mol. The number of ether oxygens (including phenoxy) is 3. The average Bonchev–Trinajstić information content (AvgIpc) is 2.60. The van der Waals surface area contributed by atoms with Crippen LogP contribution in [0, 0.1) is 0 Å². The van der Waals surface area contributed by atoms with Crippen LogP contribution in [-0.2, 0) is 0 Å². The lowest BCUT2D eigenvalue weighted by molar-refractivity contribution is 0.358. The zero-order valence-electron chi connectivity index (χ0n) is 13.1. The fourth-order valence-corrected chi connectivity index (χ4v) is 2.46. The molecule has 23 heavy (non-hydrogen) atoms. The van der Waals surface area contributed by atoms with E-state index in [9.17, 15) is 4.79 Å². The Morgan fingerprint density at radius 2 is 1.61 bits per heavy atom. The van der Waals surface area contributed by atoms with Gasteiger partial charge in [0.1, 0.15) is 22.5 Å². The second-order valence-electron chi connectivity index (χ2n) is 4.88. The quantitative estimate of drug-likeness (QED) is 0.738. The highest BCUT2D eigenvalue weighted by Crippen LogP contribution is 2.35. The fourth-order valence-electron chi connectivity index (χ4n) is 2.46. The van der Waals surface area contributed by atoms with Crippen LogP contribution in [0.2, 0.25) is 0 Å². The first kappa shape index (κ1) is 15.0. The van der Waals surface area contributed by atoms with Crippen molar-refractivity contribution in [1.29, 1.82) is 0 Å². The van der Waals surface area contributed by atoms with Crippen molar-refractivity contribution >= 4 is 11.0 Å². The Morgan fingerprint density at radius 3 is 2.22 bits per heavy atom. The normalized spacial score (nSPS) is 10.6. The molecule has 0 atom stereocenters. The van der Waals surface area contributed by atoms with Crippen LogP contribution in [0.15, 0.2) is 51.7 Å². The number of methoxy groups -OCH3 is 3. The molecule has 2 aromatic carbocycles. The summed E-state index contributed by atoms with van der Waals surface area (Å²) < 4.78 is 21.5. The highest BCUT2D eigenvalue weighted by Gasteiger charge is 2.15. The predicted molar refractivity (Wildman–Crippen MR) is 87.6 cm³/mol. The van der Waals surface area contributed by atoms with Crippen LogP contribution >= 0.6 is 0 Å². The van der Waals surface area contributed by atoms with Gasteiger partial charge in [0.15, 0.2) is 16.9 Å². The molecule has 1 aromatic heterocycles. The van der Waals surface area contributed by atoms with Crippen LogP contribution in [0.25, 0.3) is 22.3 Å². The van der Waals surface area contributed by atoms with Crippen molar-refractivity contribution in [1.82, 2.24) is 0 Å². The number of rotatable bonds is 4. The van der Waals surface area contributed by atoms with Gasteiger partial charge in [0.05, 0.1) is 21.3 Å². The van der Waals surface area contributed by atoms with Gasteiger partial charge in [-0.25, -0.2) is 0 Å². The number of hydrogen-bond acceptors (Lipinski definition) is 5. The van der Waals surface area contributed by atoms with Gasteiger partial charge >= 0.3 is 0 Å². The Hall–Kier alpha value is -2.95. The van der Waals surface area contributed by atoms with Crippen LogP contribution in [-0.4, -0.2) is 21.3 Å². The number of benzene rings is 2. The van der Waals surface area contributed by atoms with Gasteiger partial charge in [-0.15, -0.1) is 0 Å². The lowest BCUT2D eigenvalue weighted by atomic mass is 10.1. The second kappa shape index (κ2) is 6.04. The van der Waals surface area contributed by atoms with E-state index < -0.39 is 0 Å². The summed E-state index contributed by atoms with van der Waals surface area (Å²) in [6.07, 6.45) is 0. The van der Waals surface area contributed by atoms with Crippen molar-refractivity contribution in [3.63, 3.8) is 0 Å². The first-order chi connectivity index (χ1) is 11.2. The third-order valence-electron chi connectivity index (χ3n) is 3.61. The van der Waals surface area contributed by atoms with Gasteiger partial charge < -0.3 is 18.6 Å². The van der Waals surface area contributed by atoms with E-state index in [1.807, 2.05) is 24.3 Å². The number of hydrogen-bond donors (Lipinski definition) is 0. The first-order valence-corrected chi connectivity index (χ1v) is 7.01. The minimum atomic E-state index is -0.187. The molecule has 5 nitrogen and oxygen atoms in total. The standard InChI is InChI=1S/C18H16O5/c1-20-12-6-4-11(5-7-12)16-10-13(19)17-14(23-16)8-9-15(21-2)18(17)22-3/h4-10H,1-3H3. The maximum Gasteiger partial charge on any atom is 0.197 e. The molecule has 0 saturated heterocycles. The first-order valence-electron chi connectivity index (χ1n) is 7.01. The zero-order valence-corrected chi connectivity index (χ0v) is 13.1. The van der Waals surface area contributed by atoms with Gasteiger partial charge in [-0.2, -0.15) is 0 Å². The Kier molecular flexibility index (Phi) is 3.93. The maximum atomic E-state index is 12.5. The molecule has 0 saturated carbocycles. The largest absolute Gasteiger partial charge is 0.497 e. The molecule has 0 N–H and O–H groups in total. The zero-order chi connectivity index (χ0) is 16.4. The smallest absolute Gasteiger partial charge is 0.197 e. The minimum absolute atomic E-state index is 0.187. The van der Waals surface area contributed by atoms with Gasteiger partial charge in [-0.1, -0.05) is 0 Å². The molecule has 0 amide bonds. The molecule has 0 aliphatic heterocycles. The summed E-state index contributed by atoms with van der Waals surface area (Å²) in [5, 5.41) is 0.365. The summed E-state index contributed by atoms with van der Waals surface area (Å²) in [4.78, 5) is 12.5. The van der Waals surface area contributed by atoms with E-state index in [4.69, 9.17) is 18.6 Å². The molecule has 3 aromatic rings. The third kappa shape index (κ3) is 2.61. The molecule has 0 bridgehead atoms. The van der Waals surface area contributed by atoms with Crippen molar-refractivity contribution in [2.45, 2.75) is 0 Å². The Morgan fingerprint density at radius 1 is 0.870 bits per heavy atom. The second-order valence-corrected chi connectivity index (χ2v) is 4.88. The number of fused-ring (bicyclic) bond motifs is 1.